The summed E-state index contributed by atoms with van der Waals surface area (Å²) in [7, 11) is 1.86. The Morgan fingerprint density at radius 2 is 2.26 bits per heavy atom. The highest BCUT2D eigenvalue weighted by Crippen LogP contribution is 2.27. The number of nitrogens with one attached hydrogen (secondary N) is 2. The molecule has 0 spiro atoms. The summed E-state index contributed by atoms with van der Waals surface area (Å²) in [6, 6.07) is 8.18. The van der Waals surface area contributed by atoms with E-state index in [1.54, 1.807) is 4.68 Å². The van der Waals surface area contributed by atoms with Gasteiger partial charge in [0.05, 0.1) is 6.54 Å². The molecule has 1 aliphatic rings. The van der Waals surface area contributed by atoms with Crippen molar-refractivity contribution >= 4 is 5.96 Å². The number of aryl methyl sites for hydroxylation is 1. The van der Waals surface area contributed by atoms with E-state index < -0.39 is 0 Å². The van der Waals surface area contributed by atoms with Gasteiger partial charge in [-0.3, -0.25) is 4.68 Å². The average molecular weight is 314 g/mol. The summed E-state index contributed by atoms with van der Waals surface area (Å²) in [4.78, 5) is 8.72. The van der Waals surface area contributed by atoms with Gasteiger partial charge in [-0.15, -0.1) is 0 Å². The van der Waals surface area contributed by atoms with Crippen LogP contribution in [0.3, 0.4) is 0 Å². The number of rotatable bonds is 5. The summed E-state index contributed by atoms with van der Waals surface area (Å²) >= 11 is 0. The second-order valence-electron chi connectivity index (χ2n) is 5.43. The highest BCUT2D eigenvalue weighted by molar-refractivity contribution is 5.79. The molecule has 7 heteroatoms. The van der Waals surface area contributed by atoms with Gasteiger partial charge in [-0.05, 0) is 18.6 Å². The molecule has 2 heterocycles. The molecule has 1 aromatic carbocycles. The molecule has 0 aliphatic carbocycles. The van der Waals surface area contributed by atoms with E-state index in [9.17, 15) is 0 Å². The largest absolute Gasteiger partial charge is 0.488 e. The Bertz CT molecular complexity index is 656. The minimum atomic E-state index is 0.131. The number of nitrogens with zero attached hydrogens (tertiary/aromatic N) is 4. The lowest BCUT2D eigenvalue weighted by atomic mass is 10.1. The number of aliphatic imine (C=N–C) groups is 1. The van der Waals surface area contributed by atoms with Gasteiger partial charge in [-0.25, -0.2) is 9.98 Å². The monoisotopic (exact) mass is 314 g/mol. The number of hydrogen-bond acceptors (Lipinski definition) is 4. The first-order valence-corrected chi connectivity index (χ1v) is 7.86. The second kappa shape index (κ2) is 7.13. The molecule has 0 fully saturated rings. The van der Waals surface area contributed by atoms with Crippen LogP contribution in [0.25, 0.3) is 0 Å². The van der Waals surface area contributed by atoms with Crippen molar-refractivity contribution in [2.45, 2.75) is 26.0 Å². The first-order valence-electron chi connectivity index (χ1n) is 7.86. The van der Waals surface area contributed by atoms with Crippen LogP contribution in [0.5, 0.6) is 5.75 Å². The Kier molecular flexibility index (Phi) is 4.75. The minimum Gasteiger partial charge on any atom is -0.488 e. The third-order valence-electron chi connectivity index (χ3n) is 3.74. The lowest BCUT2D eigenvalue weighted by Gasteiger charge is -2.15. The lowest BCUT2D eigenvalue weighted by molar-refractivity contribution is 0.235. The van der Waals surface area contributed by atoms with Gasteiger partial charge < -0.3 is 15.4 Å². The maximum Gasteiger partial charge on any atom is 0.191 e. The van der Waals surface area contributed by atoms with Crippen molar-refractivity contribution in [1.82, 2.24) is 25.4 Å². The summed E-state index contributed by atoms with van der Waals surface area (Å²) < 4.78 is 7.66. The molecule has 0 radical (unpaired) electrons. The molecule has 3 rings (SSSR count). The summed E-state index contributed by atoms with van der Waals surface area (Å²) in [6.45, 7) is 4.04. The molecule has 2 N–H and O–H groups in total. The SMILES string of the molecule is CCNC(=NCc1ncnn1C)NCC1Cc2ccccc2O1. The summed E-state index contributed by atoms with van der Waals surface area (Å²) in [5.41, 5.74) is 1.26. The maximum atomic E-state index is 5.93. The molecule has 1 unspecified atom stereocenters. The van der Waals surface area contributed by atoms with E-state index in [0.29, 0.717) is 13.1 Å². The highest BCUT2D eigenvalue weighted by Gasteiger charge is 2.22. The van der Waals surface area contributed by atoms with Gasteiger partial charge in [-0.1, -0.05) is 18.2 Å². The van der Waals surface area contributed by atoms with Crippen molar-refractivity contribution in [2.24, 2.45) is 12.0 Å². The van der Waals surface area contributed by atoms with Crippen molar-refractivity contribution < 1.29 is 4.74 Å². The number of benzene rings is 1. The molecule has 1 aromatic heterocycles. The van der Waals surface area contributed by atoms with Crippen molar-refractivity contribution in [2.75, 3.05) is 13.1 Å². The van der Waals surface area contributed by atoms with Crippen LogP contribution in [0.15, 0.2) is 35.6 Å². The fourth-order valence-corrected chi connectivity index (χ4v) is 2.53. The van der Waals surface area contributed by atoms with Crippen LogP contribution in [-0.2, 0) is 20.0 Å². The number of ether oxygens (including phenoxy) is 1. The molecule has 2 aromatic rings. The van der Waals surface area contributed by atoms with Crippen molar-refractivity contribution in [3.05, 3.63) is 42.0 Å². The Morgan fingerprint density at radius 1 is 1.39 bits per heavy atom. The zero-order valence-electron chi connectivity index (χ0n) is 13.5. The molecule has 0 saturated carbocycles. The fraction of sp³-hybridized carbons (Fsp3) is 0.438. The Hall–Kier alpha value is -2.57. The number of para-hydroxylation sites is 1. The van der Waals surface area contributed by atoms with Crippen LogP contribution in [-0.4, -0.2) is 39.9 Å². The van der Waals surface area contributed by atoms with E-state index in [2.05, 4.69) is 31.8 Å². The normalized spacial score (nSPS) is 16.8. The molecule has 0 saturated heterocycles. The topological polar surface area (TPSA) is 76.4 Å². The van der Waals surface area contributed by atoms with Crippen LogP contribution < -0.4 is 15.4 Å². The number of hydrogen-bond donors (Lipinski definition) is 2. The van der Waals surface area contributed by atoms with Crippen LogP contribution in [0.2, 0.25) is 0 Å². The first-order chi connectivity index (χ1) is 11.3. The fourth-order valence-electron chi connectivity index (χ4n) is 2.53. The predicted molar refractivity (Wildman–Crippen MR) is 88.4 cm³/mol. The molecule has 1 atom stereocenters. The van der Waals surface area contributed by atoms with Gasteiger partial charge in [0, 0.05) is 20.0 Å². The molecule has 0 amide bonds. The number of guanidine groups is 1. The Morgan fingerprint density at radius 3 is 3.00 bits per heavy atom. The van der Waals surface area contributed by atoms with Gasteiger partial charge in [0.2, 0.25) is 0 Å². The van der Waals surface area contributed by atoms with E-state index in [4.69, 9.17) is 4.74 Å². The van der Waals surface area contributed by atoms with Crippen LogP contribution in [0, 0.1) is 0 Å². The van der Waals surface area contributed by atoms with Crippen molar-refractivity contribution in [3.8, 4) is 5.75 Å². The van der Waals surface area contributed by atoms with Crippen molar-refractivity contribution in [1.29, 1.82) is 0 Å². The summed E-state index contributed by atoms with van der Waals surface area (Å²) in [5, 5.41) is 10.6. The van der Waals surface area contributed by atoms with E-state index in [1.807, 2.05) is 32.2 Å². The van der Waals surface area contributed by atoms with E-state index in [1.165, 1.54) is 11.9 Å². The molecule has 23 heavy (non-hydrogen) atoms. The maximum absolute atomic E-state index is 5.93. The van der Waals surface area contributed by atoms with E-state index in [0.717, 1.165) is 30.5 Å². The zero-order chi connectivity index (χ0) is 16.1. The second-order valence-corrected chi connectivity index (χ2v) is 5.43. The third-order valence-corrected chi connectivity index (χ3v) is 3.74. The standard InChI is InChI=1S/C16H22N6O/c1-3-17-16(19-10-15-20-11-21-22(15)2)18-9-13-8-12-6-4-5-7-14(12)23-13/h4-7,11,13H,3,8-10H2,1-2H3,(H2,17,18,19). The molecular formula is C16H22N6O. The van der Waals surface area contributed by atoms with Crippen LogP contribution >= 0.6 is 0 Å². The van der Waals surface area contributed by atoms with Gasteiger partial charge in [0.15, 0.2) is 5.96 Å². The summed E-state index contributed by atoms with van der Waals surface area (Å²) in [6.07, 6.45) is 2.59. The molecule has 122 valence electrons. The minimum absolute atomic E-state index is 0.131. The van der Waals surface area contributed by atoms with Gasteiger partial charge in [0.1, 0.15) is 30.5 Å². The highest BCUT2D eigenvalue weighted by atomic mass is 16.5. The smallest absolute Gasteiger partial charge is 0.191 e. The molecule has 7 nitrogen and oxygen atoms in total. The lowest BCUT2D eigenvalue weighted by Crippen LogP contribution is -2.42. The zero-order valence-corrected chi connectivity index (χ0v) is 13.5. The Labute approximate surface area is 135 Å². The van der Waals surface area contributed by atoms with Crippen LogP contribution in [0.1, 0.15) is 18.3 Å². The summed E-state index contributed by atoms with van der Waals surface area (Å²) in [5.74, 6) is 2.57. The van der Waals surface area contributed by atoms with Crippen LogP contribution in [0.4, 0.5) is 0 Å². The molecule has 0 bridgehead atoms. The van der Waals surface area contributed by atoms with Crippen molar-refractivity contribution in [3.63, 3.8) is 0 Å². The van der Waals surface area contributed by atoms with Gasteiger partial charge in [0.25, 0.3) is 0 Å². The number of aromatic nitrogens is 3. The third kappa shape index (κ3) is 3.80. The van der Waals surface area contributed by atoms with Gasteiger partial charge >= 0.3 is 0 Å². The first kappa shape index (κ1) is 15.3. The van der Waals surface area contributed by atoms with Gasteiger partial charge in [-0.2, -0.15) is 5.10 Å². The van der Waals surface area contributed by atoms with E-state index >= 15 is 0 Å². The quantitative estimate of drug-likeness (QED) is 0.633. The average Bonchev–Trinajstić information content (AvgIpc) is 3.15. The number of fused-ring (bicyclic) bond motifs is 1. The van der Waals surface area contributed by atoms with E-state index in [-0.39, 0.29) is 6.10 Å². The Balaban J connectivity index is 1.55. The molecule has 1 aliphatic heterocycles. The predicted octanol–water partition coefficient (Wildman–Crippen LogP) is 0.874. The molecular weight excluding hydrogens is 292 g/mol.